The molecule has 1 N–H and O–H groups in total. The second kappa shape index (κ2) is 5.14. The molecule has 1 aliphatic heterocycles. The van der Waals surface area contributed by atoms with Gasteiger partial charge in [0.05, 0.1) is 11.6 Å². The minimum absolute atomic E-state index is 0.565. The molecule has 1 saturated heterocycles. The second-order valence-corrected chi connectivity index (χ2v) is 4.61. The van der Waals surface area contributed by atoms with Crippen LogP contribution in [0, 0.1) is 17.2 Å². The molecule has 16 heavy (non-hydrogen) atoms. The van der Waals surface area contributed by atoms with Crippen LogP contribution in [0.3, 0.4) is 0 Å². The Morgan fingerprint density at radius 3 is 2.81 bits per heavy atom. The fourth-order valence-corrected chi connectivity index (χ4v) is 2.51. The van der Waals surface area contributed by atoms with Crippen molar-refractivity contribution < 1.29 is 0 Å². The molecule has 1 aromatic rings. The number of hydrogen-bond acceptors (Lipinski definition) is 2. The molecule has 2 nitrogen and oxygen atoms in total. The van der Waals surface area contributed by atoms with E-state index in [9.17, 15) is 0 Å². The van der Waals surface area contributed by atoms with Crippen molar-refractivity contribution >= 4 is 0 Å². The lowest BCUT2D eigenvalue weighted by atomic mass is 9.81. The second-order valence-electron chi connectivity index (χ2n) is 4.61. The van der Waals surface area contributed by atoms with E-state index >= 15 is 0 Å². The van der Waals surface area contributed by atoms with E-state index in [1.807, 2.05) is 18.2 Å². The van der Waals surface area contributed by atoms with Gasteiger partial charge in [-0.1, -0.05) is 19.1 Å². The van der Waals surface area contributed by atoms with Gasteiger partial charge in [-0.05, 0) is 55.5 Å². The molecule has 1 aliphatic rings. The first kappa shape index (κ1) is 11.2. The SMILES string of the molecule is CC(c1cccc(C#N)c1)C1CCNCC1. The van der Waals surface area contributed by atoms with Crippen molar-refractivity contribution in [3.8, 4) is 6.07 Å². The Morgan fingerprint density at radius 2 is 2.12 bits per heavy atom. The van der Waals surface area contributed by atoms with Gasteiger partial charge in [0, 0.05) is 0 Å². The molecule has 0 saturated carbocycles. The minimum atomic E-state index is 0.565. The van der Waals surface area contributed by atoms with Crippen molar-refractivity contribution in [2.75, 3.05) is 13.1 Å². The van der Waals surface area contributed by atoms with Gasteiger partial charge in [0.2, 0.25) is 0 Å². The number of rotatable bonds is 2. The van der Waals surface area contributed by atoms with Crippen molar-refractivity contribution in [2.45, 2.75) is 25.7 Å². The molecule has 0 aromatic heterocycles. The van der Waals surface area contributed by atoms with E-state index in [0.717, 1.165) is 24.6 Å². The van der Waals surface area contributed by atoms with Gasteiger partial charge in [0.1, 0.15) is 0 Å². The highest BCUT2D eigenvalue weighted by Crippen LogP contribution is 2.30. The number of nitrogens with zero attached hydrogens (tertiary/aromatic N) is 1. The van der Waals surface area contributed by atoms with Crippen LogP contribution in [0.25, 0.3) is 0 Å². The Kier molecular flexibility index (Phi) is 3.58. The van der Waals surface area contributed by atoms with E-state index in [1.54, 1.807) is 0 Å². The molecule has 2 heteroatoms. The van der Waals surface area contributed by atoms with Crippen LogP contribution in [0.4, 0.5) is 0 Å². The molecule has 1 atom stereocenters. The van der Waals surface area contributed by atoms with Crippen molar-refractivity contribution in [1.82, 2.24) is 5.32 Å². The van der Waals surface area contributed by atoms with E-state index in [0.29, 0.717) is 5.92 Å². The summed E-state index contributed by atoms with van der Waals surface area (Å²) < 4.78 is 0. The van der Waals surface area contributed by atoms with Gasteiger partial charge in [0.15, 0.2) is 0 Å². The summed E-state index contributed by atoms with van der Waals surface area (Å²) in [6.45, 7) is 4.55. The van der Waals surface area contributed by atoms with E-state index in [2.05, 4.69) is 24.4 Å². The van der Waals surface area contributed by atoms with Crippen LogP contribution < -0.4 is 5.32 Å². The highest BCUT2D eigenvalue weighted by Gasteiger charge is 2.21. The Morgan fingerprint density at radius 1 is 1.38 bits per heavy atom. The lowest BCUT2D eigenvalue weighted by molar-refractivity contribution is 0.330. The first-order valence-corrected chi connectivity index (χ1v) is 6.02. The Labute approximate surface area is 97.3 Å². The fraction of sp³-hybridized carbons (Fsp3) is 0.500. The van der Waals surface area contributed by atoms with Crippen LogP contribution in [-0.4, -0.2) is 13.1 Å². The van der Waals surface area contributed by atoms with Gasteiger partial charge in [-0.3, -0.25) is 0 Å². The smallest absolute Gasteiger partial charge is 0.0991 e. The normalized spacial score (nSPS) is 19.0. The molecule has 1 unspecified atom stereocenters. The van der Waals surface area contributed by atoms with Gasteiger partial charge in [-0.2, -0.15) is 5.26 Å². The molecule has 84 valence electrons. The lowest BCUT2D eigenvalue weighted by Gasteiger charge is -2.28. The maximum atomic E-state index is 8.89. The molecule has 1 heterocycles. The molecule has 2 rings (SSSR count). The van der Waals surface area contributed by atoms with Crippen molar-refractivity contribution in [1.29, 1.82) is 5.26 Å². The first-order chi connectivity index (χ1) is 7.81. The number of nitriles is 1. The minimum Gasteiger partial charge on any atom is -0.317 e. The van der Waals surface area contributed by atoms with Crippen molar-refractivity contribution in [3.63, 3.8) is 0 Å². The summed E-state index contributed by atoms with van der Waals surface area (Å²) in [5.41, 5.74) is 2.09. The van der Waals surface area contributed by atoms with Crippen LogP contribution in [0.1, 0.15) is 36.8 Å². The van der Waals surface area contributed by atoms with Crippen LogP contribution in [0.5, 0.6) is 0 Å². The van der Waals surface area contributed by atoms with E-state index in [4.69, 9.17) is 5.26 Å². The quantitative estimate of drug-likeness (QED) is 0.821. The first-order valence-electron chi connectivity index (χ1n) is 6.02. The third-order valence-electron chi connectivity index (χ3n) is 3.63. The summed E-state index contributed by atoms with van der Waals surface area (Å²) in [5, 5.41) is 12.3. The molecular weight excluding hydrogens is 196 g/mol. The maximum Gasteiger partial charge on any atom is 0.0991 e. The fourth-order valence-electron chi connectivity index (χ4n) is 2.51. The Balaban J connectivity index is 2.13. The number of hydrogen-bond donors (Lipinski definition) is 1. The molecular formula is C14H18N2. The monoisotopic (exact) mass is 214 g/mol. The zero-order valence-electron chi connectivity index (χ0n) is 9.74. The highest BCUT2D eigenvalue weighted by atomic mass is 14.9. The third-order valence-corrected chi connectivity index (χ3v) is 3.63. The summed E-state index contributed by atoms with van der Waals surface area (Å²) >= 11 is 0. The predicted octanol–water partition coefficient (Wildman–Crippen LogP) is 2.66. The summed E-state index contributed by atoms with van der Waals surface area (Å²) in [6, 6.07) is 10.3. The van der Waals surface area contributed by atoms with Crippen LogP contribution in [0.2, 0.25) is 0 Å². The molecule has 1 aromatic carbocycles. The standard InChI is InChI=1S/C14H18N2/c1-11(13-5-7-16-8-6-13)14-4-2-3-12(9-14)10-15/h2-4,9,11,13,16H,5-8H2,1H3. The average molecular weight is 214 g/mol. The third kappa shape index (κ3) is 2.43. The van der Waals surface area contributed by atoms with E-state index in [1.165, 1.54) is 18.4 Å². The molecule has 1 fully saturated rings. The Bertz CT molecular complexity index is 386. The predicted molar refractivity (Wildman–Crippen MR) is 65.2 cm³/mol. The molecule has 0 amide bonds. The largest absolute Gasteiger partial charge is 0.317 e. The zero-order valence-corrected chi connectivity index (χ0v) is 9.74. The maximum absolute atomic E-state index is 8.89. The highest BCUT2D eigenvalue weighted by molar-refractivity contribution is 5.34. The van der Waals surface area contributed by atoms with Gasteiger partial charge >= 0.3 is 0 Å². The van der Waals surface area contributed by atoms with E-state index < -0.39 is 0 Å². The van der Waals surface area contributed by atoms with Gasteiger partial charge in [-0.25, -0.2) is 0 Å². The topological polar surface area (TPSA) is 35.8 Å². The zero-order chi connectivity index (χ0) is 11.4. The molecule has 0 bridgehead atoms. The average Bonchev–Trinajstić information content (AvgIpc) is 2.39. The summed E-state index contributed by atoms with van der Waals surface area (Å²) in [4.78, 5) is 0. The summed E-state index contributed by atoms with van der Waals surface area (Å²) in [7, 11) is 0. The van der Waals surface area contributed by atoms with Crippen LogP contribution in [0.15, 0.2) is 24.3 Å². The Hall–Kier alpha value is -1.33. The number of benzene rings is 1. The molecule has 0 radical (unpaired) electrons. The van der Waals surface area contributed by atoms with Crippen LogP contribution in [-0.2, 0) is 0 Å². The molecule has 0 aliphatic carbocycles. The molecule has 0 spiro atoms. The van der Waals surface area contributed by atoms with Crippen molar-refractivity contribution in [3.05, 3.63) is 35.4 Å². The summed E-state index contributed by atoms with van der Waals surface area (Å²) in [5.74, 6) is 1.32. The lowest BCUT2D eigenvalue weighted by Crippen LogP contribution is -2.30. The van der Waals surface area contributed by atoms with Gasteiger partial charge < -0.3 is 5.32 Å². The number of piperidine rings is 1. The van der Waals surface area contributed by atoms with Gasteiger partial charge in [0.25, 0.3) is 0 Å². The summed E-state index contributed by atoms with van der Waals surface area (Å²) in [6.07, 6.45) is 2.50. The van der Waals surface area contributed by atoms with Gasteiger partial charge in [-0.15, -0.1) is 0 Å². The number of nitrogens with one attached hydrogen (secondary N) is 1. The van der Waals surface area contributed by atoms with Crippen LogP contribution >= 0.6 is 0 Å². The van der Waals surface area contributed by atoms with E-state index in [-0.39, 0.29) is 0 Å². The van der Waals surface area contributed by atoms with Crippen molar-refractivity contribution in [2.24, 2.45) is 5.92 Å².